The predicted molar refractivity (Wildman–Crippen MR) is 87.5 cm³/mol. The van der Waals surface area contributed by atoms with E-state index in [1.807, 2.05) is 0 Å². The van der Waals surface area contributed by atoms with Crippen LogP contribution in [0.15, 0.2) is 47.4 Å². The van der Waals surface area contributed by atoms with Gasteiger partial charge in [0.1, 0.15) is 5.82 Å². The van der Waals surface area contributed by atoms with Gasteiger partial charge in [0.25, 0.3) is 15.9 Å². The molecule has 0 saturated carbocycles. The van der Waals surface area contributed by atoms with Gasteiger partial charge in [-0.15, -0.1) is 0 Å². The summed E-state index contributed by atoms with van der Waals surface area (Å²) in [7, 11) is -1.02. The lowest BCUT2D eigenvalue weighted by Crippen LogP contribution is -2.25. The fourth-order valence-electron chi connectivity index (χ4n) is 2.07. The number of hydroxylamine groups is 2. The van der Waals surface area contributed by atoms with E-state index in [0.29, 0.717) is 11.1 Å². The first kappa shape index (κ1) is 17.9. The summed E-state index contributed by atoms with van der Waals surface area (Å²) in [5, 5.41) is 1.06. The molecule has 0 unspecified atom stereocenters. The summed E-state index contributed by atoms with van der Waals surface area (Å²) in [5.41, 5.74) is 0.937. The molecule has 0 atom stereocenters. The number of amides is 1. The number of anilines is 1. The number of benzene rings is 2. The minimum absolute atomic E-state index is 0.0110. The Bertz CT molecular complexity index is 851. The van der Waals surface area contributed by atoms with Crippen LogP contribution in [0.1, 0.15) is 15.9 Å². The molecule has 2 aromatic carbocycles. The van der Waals surface area contributed by atoms with Crippen LogP contribution in [-0.2, 0) is 14.9 Å². The molecule has 24 heavy (non-hydrogen) atoms. The topological polar surface area (TPSA) is 75.7 Å². The molecule has 0 aliphatic rings. The molecule has 0 aromatic heterocycles. The molecular formula is C16H17FN2O4S. The number of hydrogen-bond donors (Lipinski definition) is 1. The van der Waals surface area contributed by atoms with E-state index in [9.17, 15) is 17.6 Å². The minimum atomic E-state index is -3.85. The molecule has 0 saturated heterocycles. The number of carbonyl (C=O) groups excluding carboxylic acids is 1. The lowest BCUT2D eigenvalue weighted by Gasteiger charge is -2.14. The molecule has 128 valence electrons. The summed E-state index contributed by atoms with van der Waals surface area (Å²) in [6.07, 6.45) is 0. The number of aryl methyl sites for hydroxylation is 1. The predicted octanol–water partition coefficient (Wildman–Crippen LogP) is 2.57. The molecule has 0 aliphatic heterocycles. The minimum Gasteiger partial charge on any atom is -0.280 e. The van der Waals surface area contributed by atoms with Crippen LogP contribution in [0.25, 0.3) is 0 Å². The first-order valence-electron chi connectivity index (χ1n) is 6.96. The van der Waals surface area contributed by atoms with Gasteiger partial charge in [-0.1, -0.05) is 0 Å². The van der Waals surface area contributed by atoms with Gasteiger partial charge >= 0.3 is 0 Å². The van der Waals surface area contributed by atoms with Crippen LogP contribution in [0.3, 0.4) is 0 Å². The lowest BCUT2D eigenvalue weighted by atomic mass is 10.2. The zero-order chi connectivity index (χ0) is 17.9. The average Bonchev–Trinajstić information content (AvgIpc) is 2.53. The van der Waals surface area contributed by atoms with Crippen molar-refractivity contribution >= 4 is 21.6 Å². The molecule has 1 amide bonds. The van der Waals surface area contributed by atoms with Gasteiger partial charge in [-0.05, 0) is 55.0 Å². The molecule has 6 nitrogen and oxygen atoms in total. The van der Waals surface area contributed by atoms with Crippen LogP contribution >= 0.6 is 0 Å². The van der Waals surface area contributed by atoms with Crippen LogP contribution in [0.2, 0.25) is 0 Å². The van der Waals surface area contributed by atoms with Gasteiger partial charge in [0.05, 0.1) is 12.0 Å². The second-order valence-electron chi connectivity index (χ2n) is 5.08. The van der Waals surface area contributed by atoms with Gasteiger partial charge in [-0.3, -0.25) is 14.4 Å². The highest BCUT2D eigenvalue weighted by Crippen LogP contribution is 2.20. The maximum Gasteiger partial charge on any atom is 0.277 e. The van der Waals surface area contributed by atoms with Crippen LogP contribution in [0.5, 0.6) is 0 Å². The number of nitrogens with zero attached hydrogens (tertiary/aromatic N) is 1. The van der Waals surface area contributed by atoms with Crippen molar-refractivity contribution in [2.75, 3.05) is 18.9 Å². The van der Waals surface area contributed by atoms with Gasteiger partial charge in [-0.25, -0.2) is 17.9 Å². The van der Waals surface area contributed by atoms with E-state index in [1.54, 1.807) is 0 Å². The van der Waals surface area contributed by atoms with Gasteiger partial charge < -0.3 is 0 Å². The van der Waals surface area contributed by atoms with E-state index < -0.39 is 15.8 Å². The van der Waals surface area contributed by atoms with Crippen molar-refractivity contribution < 1.29 is 22.4 Å². The van der Waals surface area contributed by atoms with E-state index >= 15 is 0 Å². The number of halogens is 1. The van der Waals surface area contributed by atoms with E-state index in [4.69, 9.17) is 4.84 Å². The largest absolute Gasteiger partial charge is 0.280 e. The van der Waals surface area contributed by atoms with Crippen molar-refractivity contribution in [3.05, 3.63) is 59.4 Å². The first-order valence-corrected chi connectivity index (χ1v) is 8.44. The molecular weight excluding hydrogens is 335 g/mol. The van der Waals surface area contributed by atoms with Crippen LogP contribution in [-0.4, -0.2) is 33.5 Å². The number of sulfonamides is 1. The molecule has 0 radical (unpaired) electrons. The second kappa shape index (κ2) is 6.98. The highest BCUT2D eigenvalue weighted by Gasteiger charge is 2.18. The first-order chi connectivity index (χ1) is 11.2. The van der Waals surface area contributed by atoms with Crippen LogP contribution in [0.4, 0.5) is 10.1 Å². The smallest absolute Gasteiger partial charge is 0.277 e. The Morgan fingerprint density at radius 1 is 1.17 bits per heavy atom. The fraction of sp³-hybridized carbons (Fsp3) is 0.188. The zero-order valence-electron chi connectivity index (χ0n) is 13.4. The molecule has 0 fully saturated rings. The Kier molecular flexibility index (Phi) is 5.20. The quantitative estimate of drug-likeness (QED) is 0.839. The maximum atomic E-state index is 13.1. The van der Waals surface area contributed by atoms with E-state index in [2.05, 4.69) is 4.72 Å². The summed E-state index contributed by atoms with van der Waals surface area (Å²) in [6.45, 7) is 1.51. The van der Waals surface area contributed by atoms with Crippen molar-refractivity contribution in [2.45, 2.75) is 11.8 Å². The van der Waals surface area contributed by atoms with E-state index in [1.165, 1.54) is 51.4 Å². The monoisotopic (exact) mass is 352 g/mol. The molecule has 0 heterocycles. The average molecular weight is 352 g/mol. The summed E-state index contributed by atoms with van der Waals surface area (Å²) < 4.78 is 40.3. The highest BCUT2D eigenvalue weighted by molar-refractivity contribution is 7.92. The standard InChI is InChI=1S/C16H17FN2O4S/c1-11-10-13(17)6-9-15(11)24(21,22)18-14-7-4-12(5-8-14)16(20)19(2)23-3/h4-10,18H,1-3H3. The third-order valence-corrected chi connectivity index (χ3v) is 4.91. The number of rotatable bonds is 5. The maximum absolute atomic E-state index is 13.1. The Morgan fingerprint density at radius 3 is 2.33 bits per heavy atom. The molecule has 2 aromatic rings. The second-order valence-corrected chi connectivity index (χ2v) is 6.73. The Labute approximate surface area is 139 Å². The Hall–Kier alpha value is -2.45. The van der Waals surface area contributed by atoms with Crippen LogP contribution < -0.4 is 4.72 Å². The lowest BCUT2D eigenvalue weighted by molar-refractivity contribution is -0.0756. The number of nitrogens with one attached hydrogen (secondary N) is 1. The molecule has 1 N–H and O–H groups in total. The van der Waals surface area contributed by atoms with Gasteiger partial charge in [-0.2, -0.15) is 0 Å². The van der Waals surface area contributed by atoms with Gasteiger partial charge in [0.15, 0.2) is 0 Å². The summed E-state index contributed by atoms with van der Waals surface area (Å²) in [5.74, 6) is -0.863. The third-order valence-electron chi connectivity index (χ3n) is 3.37. The molecule has 0 bridgehead atoms. The van der Waals surface area contributed by atoms with Crippen molar-refractivity contribution in [3.63, 3.8) is 0 Å². The summed E-state index contributed by atoms with van der Waals surface area (Å²) in [4.78, 5) is 16.7. The molecule has 8 heteroatoms. The fourth-order valence-corrected chi connectivity index (χ4v) is 3.36. The van der Waals surface area contributed by atoms with Crippen molar-refractivity contribution in [1.82, 2.24) is 5.06 Å². The number of hydrogen-bond acceptors (Lipinski definition) is 4. The highest BCUT2D eigenvalue weighted by atomic mass is 32.2. The number of carbonyl (C=O) groups is 1. The molecule has 0 aliphatic carbocycles. The van der Waals surface area contributed by atoms with Crippen molar-refractivity contribution in [2.24, 2.45) is 0 Å². The van der Waals surface area contributed by atoms with Gasteiger partial charge in [0, 0.05) is 18.3 Å². The summed E-state index contributed by atoms with van der Waals surface area (Å²) in [6, 6.07) is 9.33. The van der Waals surface area contributed by atoms with E-state index in [0.717, 1.165) is 17.2 Å². The normalized spacial score (nSPS) is 11.2. The molecule has 0 spiro atoms. The van der Waals surface area contributed by atoms with Gasteiger partial charge in [0.2, 0.25) is 0 Å². The SMILES string of the molecule is CON(C)C(=O)c1ccc(NS(=O)(=O)c2ccc(F)cc2C)cc1. The van der Waals surface area contributed by atoms with E-state index in [-0.39, 0.29) is 16.5 Å². The Morgan fingerprint density at radius 2 is 1.79 bits per heavy atom. The van der Waals surface area contributed by atoms with Crippen molar-refractivity contribution in [1.29, 1.82) is 0 Å². The Balaban J connectivity index is 2.23. The van der Waals surface area contributed by atoms with Crippen LogP contribution in [0, 0.1) is 12.7 Å². The zero-order valence-corrected chi connectivity index (χ0v) is 14.2. The molecule has 2 rings (SSSR count). The van der Waals surface area contributed by atoms with Crippen molar-refractivity contribution in [3.8, 4) is 0 Å². The summed E-state index contributed by atoms with van der Waals surface area (Å²) >= 11 is 0. The third kappa shape index (κ3) is 3.90.